The number of ketones is 1. The molecule has 2 aromatic carbocycles. The highest BCUT2D eigenvalue weighted by molar-refractivity contribution is 7.99. The molecular formula is C24H26N4O3S. The van der Waals surface area contributed by atoms with Crippen molar-refractivity contribution in [2.75, 3.05) is 11.1 Å². The first-order valence-electron chi connectivity index (χ1n) is 10.7. The summed E-state index contributed by atoms with van der Waals surface area (Å²) in [6, 6.07) is 13.1. The van der Waals surface area contributed by atoms with Crippen LogP contribution in [0.4, 0.5) is 5.69 Å². The summed E-state index contributed by atoms with van der Waals surface area (Å²) in [5, 5.41) is 11.9. The molecule has 3 aromatic rings. The lowest BCUT2D eigenvalue weighted by Crippen LogP contribution is -2.14. The van der Waals surface area contributed by atoms with Gasteiger partial charge in [-0.05, 0) is 80.1 Å². The Bertz CT molecular complexity index is 1120. The van der Waals surface area contributed by atoms with Crippen LogP contribution in [0.1, 0.15) is 47.1 Å². The van der Waals surface area contributed by atoms with Crippen molar-refractivity contribution in [3.8, 4) is 5.75 Å². The Hall–Kier alpha value is -3.13. The third kappa shape index (κ3) is 5.37. The molecule has 0 spiro atoms. The van der Waals surface area contributed by atoms with E-state index in [4.69, 9.17) is 4.74 Å². The van der Waals surface area contributed by atoms with Crippen molar-refractivity contribution in [2.24, 2.45) is 7.05 Å². The van der Waals surface area contributed by atoms with Gasteiger partial charge in [0, 0.05) is 18.3 Å². The quantitative estimate of drug-likeness (QED) is 0.409. The second-order valence-electron chi connectivity index (χ2n) is 7.85. The van der Waals surface area contributed by atoms with Gasteiger partial charge in [0.25, 0.3) is 0 Å². The summed E-state index contributed by atoms with van der Waals surface area (Å²) in [5.41, 5.74) is 4.07. The largest absolute Gasteiger partial charge is 0.486 e. The molecule has 0 bridgehead atoms. The van der Waals surface area contributed by atoms with E-state index in [2.05, 4.69) is 27.6 Å². The van der Waals surface area contributed by atoms with Gasteiger partial charge in [-0.15, -0.1) is 10.2 Å². The molecule has 0 radical (unpaired) electrons. The van der Waals surface area contributed by atoms with Crippen molar-refractivity contribution in [2.45, 2.75) is 44.4 Å². The number of aromatic nitrogens is 3. The zero-order valence-electron chi connectivity index (χ0n) is 18.3. The summed E-state index contributed by atoms with van der Waals surface area (Å²) in [7, 11) is 1.87. The Kier molecular flexibility index (Phi) is 6.90. The molecule has 0 atom stereocenters. The lowest BCUT2D eigenvalue weighted by Gasteiger charge is -2.16. The van der Waals surface area contributed by atoms with Crippen LogP contribution < -0.4 is 10.1 Å². The van der Waals surface area contributed by atoms with Crippen LogP contribution in [0.15, 0.2) is 47.6 Å². The van der Waals surface area contributed by atoms with Crippen LogP contribution in [0.3, 0.4) is 0 Å². The number of carbonyl (C=O) groups excluding carboxylic acids is 2. The van der Waals surface area contributed by atoms with Crippen LogP contribution >= 0.6 is 11.8 Å². The predicted molar refractivity (Wildman–Crippen MR) is 124 cm³/mol. The van der Waals surface area contributed by atoms with Gasteiger partial charge < -0.3 is 14.6 Å². The predicted octanol–water partition coefficient (Wildman–Crippen LogP) is 4.21. The number of Topliss-reactive ketones (excluding diaryl/α,β-unsaturated/α-hetero) is 1. The topological polar surface area (TPSA) is 86.1 Å². The number of aryl methyl sites for hydroxylation is 2. The molecule has 1 amide bonds. The van der Waals surface area contributed by atoms with Crippen LogP contribution in [0.2, 0.25) is 0 Å². The van der Waals surface area contributed by atoms with E-state index in [1.165, 1.54) is 42.7 Å². The van der Waals surface area contributed by atoms with Gasteiger partial charge in [0.2, 0.25) is 5.91 Å². The molecule has 1 aromatic heterocycles. The van der Waals surface area contributed by atoms with Crippen LogP contribution in [-0.2, 0) is 31.3 Å². The normalized spacial score (nSPS) is 12.8. The van der Waals surface area contributed by atoms with Gasteiger partial charge in [-0.2, -0.15) is 0 Å². The molecular weight excluding hydrogens is 424 g/mol. The minimum Gasteiger partial charge on any atom is -0.486 e. The fourth-order valence-corrected chi connectivity index (χ4v) is 4.39. The number of benzene rings is 2. The minimum atomic E-state index is -0.152. The maximum atomic E-state index is 12.3. The van der Waals surface area contributed by atoms with Crippen molar-refractivity contribution in [1.29, 1.82) is 0 Å². The fourth-order valence-electron chi connectivity index (χ4n) is 3.66. The molecule has 0 aliphatic heterocycles. The van der Waals surface area contributed by atoms with Crippen molar-refractivity contribution in [3.63, 3.8) is 0 Å². The molecule has 0 fully saturated rings. The number of fused-ring (bicyclic) bond motifs is 1. The average molecular weight is 451 g/mol. The highest BCUT2D eigenvalue weighted by Crippen LogP contribution is 2.26. The summed E-state index contributed by atoms with van der Waals surface area (Å²) in [6.07, 6.45) is 4.76. The zero-order chi connectivity index (χ0) is 22.5. The summed E-state index contributed by atoms with van der Waals surface area (Å²) >= 11 is 1.31. The van der Waals surface area contributed by atoms with Crippen molar-refractivity contribution in [1.82, 2.24) is 14.8 Å². The average Bonchev–Trinajstić information content (AvgIpc) is 3.15. The molecule has 0 saturated heterocycles. The van der Waals surface area contributed by atoms with Crippen molar-refractivity contribution in [3.05, 3.63) is 65.0 Å². The number of hydrogen-bond acceptors (Lipinski definition) is 6. The lowest BCUT2D eigenvalue weighted by molar-refractivity contribution is -0.113. The van der Waals surface area contributed by atoms with Gasteiger partial charge in [0.1, 0.15) is 12.4 Å². The molecule has 7 nitrogen and oxygen atoms in total. The molecule has 166 valence electrons. The summed E-state index contributed by atoms with van der Waals surface area (Å²) in [6.45, 7) is 1.83. The van der Waals surface area contributed by atoms with Crippen LogP contribution in [0.25, 0.3) is 0 Å². The van der Waals surface area contributed by atoms with Gasteiger partial charge >= 0.3 is 0 Å². The molecule has 0 unspecified atom stereocenters. The van der Waals surface area contributed by atoms with Crippen LogP contribution in [0.5, 0.6) is 5.75 Å². The summed E-state index contributed by atoms with van der Waals surface area (Å²) < 4.78 is 7.79. The SMILES string of the molecule is CC(=O)c1ccc(NC(=O)CSc2nnc(COc3ccc4c(c3)CCCC4)n2C)cc1. The Morgan fingerprint density at radius 3 is 2.56 bits per heavy atom. The van der Waals surface area contributed by atoms with E-state index in [0.717, 1.165) is 18.6 Å². The first-order valence-corrected chi connectivity index (χ1v) is 11.6. The lowest BCUT2D eigenvalue weighted by atomic mass is 9.92. The third-order valence-electron chi connectivity index (χ3n) is 5.52. The molecule has 1 aliphatic carbocycles. The molecule has 32 heavy (non-hydrogen) atoms. The number of carbonyl (C=O) groups is 2. The second-order valence-corrected chi connectivity index (χ2v) is 8.80. The van der Waals surface area contributed by atoms with E-state index in [1.807, 2.05) is 17.7 Å². The van der Waals surface area contributed by atoms with Gasteiger partial charge in [-0.3, -0.25) is 9.59 Å². The van der Waals surface area contributed by atoms with E-state index in [1.54, 1.807) is 24.3 Å². The Morgan fingerprint density at radius 1 is 1.06 bits per heavy atom. The maximum absolute atomic E-state index is 12.3. The Morgan fingerprint density at radius 2 is 1.81 bits per heavy atom. The third-order valence-corrected chi connectivity index (χ3v) is 6.54. The van der Waals surface area contributed by atoms with Gasteiger partial charge in [-0.1, -0.05) is 17.8 Å². The fraction of sp³-hybridized carbons (Fsp3) is 0.333. The Balaban J connectivity index is 1.29. The monoisotopic (exact) mass is 450 g/mol. The first kappa shape index (κ1) is 22.1. The zero-order valence-corrected chi connectivity index (χ0v) is 19.1. The minimum absolute atomic E-state index is 0.00729. The molecule has 8 heteroatoms. The molecule has 0 saturated carbocycles. The number of ether oxygens (including phenoxy) is 1. The number of nitrogens with one attached hydrogen (secondary N) is 1. The smallest absolute Gasteiger partial charge is 0.234 e. The van der Waals surface area contributed by atoms with E-state index >= 15 is 0 Å². The van der Waals surface area contributed by atoms with Crippen LogP contribution in [0, 0.1) is 0 Å². The van der Waals surface area contributed by atoms with Crippen molar-refractivity contribution < 1.29 is 14.3 Å². The standard InChI is InChI=1S/C24H26N4O3S/c1-16(29)17-7-10-20(11-8-17)25-23(30)15-32-24-27-26-22(28(24)2)14-31-21-12-9-18-5-3-4-6-19(18)13-21/h7-13H,3-6,14-15H2,1-2H3,(H,25,30). The summed E-state index contributed by atoms with van der Waals surface area (Å²) in [5.74, 6) is 1.59. The van der Waals surface area contributed by atoms with E-state index < -0.39 is 0 Å². The highest BCUT2D eigenvalue weighted by atomic mass is 32.2. The number of rotatable bonds is 8. The molecule has 1 heterocycles. The molecule has 1 aliphatic rings. The Labute approximate surface area is 191 Å². The van der Waals surface area contributed by atoms with Crippen LogP contribution in [-0.4, -0.2) is 32.2 Å². The van der Waals surface area contributed by atoms with Gasteiger partial charge in [0.05, 0.1) is 5.75 Å². The first-order chi connectivity index (χ1) is 15.5. The number of anilines is 1. The second kappa shape index (κ2) is 9.99. The van der Waals surface area contributed by atoms with Gasteiger partial charge in [-0.25, -0.2) is 0 Å². The van der Waals surface area contributed by atoms with E-state index in [9.17, 15) is 9.59 Å². The number of thioether (sulfide) groups is 1. The van der Waals surface area contributed by atoms with Gasteiger partial charge in [0.15, 0.2) is 16.8 Å². The number of amides is 1. The van der Waals surface area contributed by atoms with Crippen molar-refractivity contribution >= 4 is 29.1 Å². The molecule has 4 rings (SSSR count). The maximum Gasteiger partial charge on any atom is 0.234 e. The van der Waals surface area contributed by atoms with E-state index in [0.29, 0.717) is 28.8 Å². The number of nitrogens with zero attached hydrogens (tertiary/aromatic N) is 3. The number of hydrogen-bond donors (Lipinski definition) is 1. The molecule has 1 N–H and O–H groups in total. The summed E-state index contributed by atoms with van der Waals surface area (Å²) in [4.78, 5) is 23.6. The van der Waals surface area contributed by atoms with E-state index in [-0.39, 0.29) is 17.4 Å². The highest BCUT2D eigenvalue weighted by Gasteiger charge is 2.14.